The average molecular weight is 365 g/mol. The molecule has 0 aliphatic rings. The molecule has 0 radical (unpaired) electrons. The SMILES string of the molecule is COc1ccc2cc(-c3cnc(Cc4ccc5ccccc5c4)o3)ccc2c1. The van der Waals surface area contributed by atoms with Crippen LogP contribution < -0.4 is 4.74 Å². The summed E-state index contributed by atoms with van der Waals surface area (Å²) in [5, 5.41) is 4.76. The third-order valence-electron chi connectivity index (χ3n) is 5.05. The summed E-state index contributed by atoms with van der Waals surface area (Å²) in [6, 6.07) is 27.2. The Morgan fingerprint density at radius 1 is 0.786 bits per heavy atom. The van der Waals surface area contributed by atoms with E-state index in [-0.39, 0.29) is 0 Å². The number of oxazole rings is 1. The Morgan fingerprint density at radius 2 is 1.54 bits per heavy atom. The van der Waals surface area contributed by atoms with Gasteiger partial charge in [0.25, 0.3) is 0 Å². The Kier molecular flexibility index (Phi) is 4.06. The summed E-state index contributed by atoms with van der Waals surface area (Å²) in [6.45, 7) is 0. The molecule has 0 spiro atoms. The molecule has 1 aromatic heterocycles. The Balaban J connectivity index is 1.42. The Bertz CT molecular complexity index is 1290. The van der Waals surface area contributed by atoms with Crippen LogP contribution in [0.25, 0.3) is 32.9 Å². The largest absolute Gasteiger partial charge is 0.497 e. The number of aromatic nitrogens is 1. The van der Waals surface area contributed by atoms with Gasteiger partial charge in [0.05, 0.1) is 13.3 Å². The molecular weight excluding hydrogens is 346 g/mol. The summed E-state index contributed by atoms with van der Waals surface area (Å²) in [5.74, 6) is 2.37. The summed E-state index contributed by atoms with van der Waals surface area (Å²) in [4.78, 5) is 4.49. The molecule has 3 heteroatoms. The average Bonchev–Trinajstić information content (AvgIpc) is 3.21. The highest BCUT2D eigenvalue weighted by molar-refractivity contribution is 5.87. The van der Waals surface area contributed by atoms with Crippen molar-refractivity contribution in [1.29, 1.82) is 0 Å². The second kappa shape index (κ2) is 6.86. The van der Waals surface area contributed by atoms with Gasteiger partial charge in [0.2, 0.25) is 0 Å². The molecule has 5 rings (SSSR count). The third kappa shape index (κ3) is 3.12. The molecule has 0 bridgehead atoms. The van der Waals surface area contributed by atoms with E-state index < -0.39 is 0 Å². The maximum absolute atomic E-state index is 6.04. The van der Waals surface area contributed by atoms with Gasteiger partial charge in [-0.1, -0.05) is 60.7 Å². The monoisotopic (exact) mass is 365 g/mol. The summed E-state index contributed by atoms with van der Waals surface area (Å²) in [7, 11) is 1.68. The minimum Gasteiger partial charge on any atom is -0.497 e. The van der Waals surface area contributed by atoms with Crippen molar-refractivity contribution in [2.24, 2.45) is 0 Å². The van der Waals surface area contributed by atoms with Crippen molar-refractivity contribution in [2.45, 2.75) is 6.42 Å². The van der Waals surface area contributed by atoms with Crippen molar-refractivity contribution in [3.05, 3.63) is 96.5 Å². The van der Waals surface area contributed by atoms with E-state index in [1.165, 1.54) is 16.3 Å². The van der Waals surface area contributed by atoms with Gasteiger partial charge in [-0.15, -0.1) is 0 Å². The molecule has 0 saturated carbocycles. The highest BCUT2D eigenvalue weighted by Gasteiger charge is 2.09. The zero-order valence-corrected chi connectivity index (χ0v) is 15.6. The van der Waals surface area contributed by atoms with Gasteiger partial charge in [0.15, 0.2) is 11.7 Å². The number of benzene rings is 4. The number of hydrogen-bond donors (Lipinski definition) is 0. The van der Waals surface area contributed by atoms with Crippen molar-refractivity contribution >= 4 is 21.5 Å². The van der Waals surface area contributed by atoms with Gasteiger partial charge in [0.1, 0.15) is 5.75 Å². The van der Waals surface area contributed by atoms with Crippen LogP contribution in [0.1, 0.15) is 11.5 Å². The van der Waals surface area contributed by atoms with E-state index in [2.05, 4.69) is 71.7 Å². The first-order valence-corrected chi connectivity index (χ1v) is 9.29. The van der Waals surface area contributed by atoms with Gasteiger partial charge in [-0.05, 0) is 45.3 Å². The predicted octanol–water partition coefficient (Wildman–Crippen LogP) is 6.25. The van der Waals surface area contributed by atoms with Gasteiger partial charge in [-0.25, -0.2) is 4.98 Å². The van der Waals surface area contributed by atoms with Crippen LogP contribution in [0.5, 0.6) is 5.75 Å². The maximum atomic E-state index is 6.04. The van der Waals surface area contributed by atoms with E-state index in [1.54, 1.807) is 13.3 Å². The van der Waals surface area contributed by atoms with Crippen molar-refractivity contribution in [3.8, 4) is 17.1 Å². The van der Waals surface area contributed by atoms with Crippen molar-refractivity contribution in [3.63, 3.8) is 0 Å². The van der Waals surface area contributed by atoms with Crippen molar-refractivity contribution in [1.82, 2.24) is 4.98 Å². The number of hydrogen-bond acceptors (Lipinski definition) is 3. The summed E-state index contributed by atoms with van der Waals surface area (Å²) < 4.78 is 11.3. The Morgan fingerprint density at radius 3 is 2.43 bits per heavy atom. The lowest BCUT2D eigenvalue weighted by atomic mass is 10.1. The third-order valence-corrected chi connectivity index (χ3v) is 5.05. The molecule has 4 aromatic carbocycles. The maximum Gasteiger partial charge on any atom is 0.199 e. The first-order chi connectivity index (χ1) is 13.8. The predicted molar refractivity (Wildman–Crippen MR) is 113 cm³/mol. The lowest BCUT2D eigenvalue weighted by molar-refractivity contribution is 0.415. The number of methoxy groups -OCH3 is 1. The fourth-order valence-electron chi connectivity index (χ4n) is 3.55. The number of nitrogens with zero attached hydrogens (tertiary/aromatic N) is 1. The normalized spacial score (nSPS) is 11.2. The van der Waals surface area contributed by atoms with E-state index in [0.29, 0.717) is 6.42 Å². The van der Waals surface area contributed by atoms with E-state index in [0.717, 1.165) is 33.7 Å². The topological polar surface area (TPSA) is 35.3 Å². The number of rotatable bonds is 4. The smallest absolute Gasteiger partial charge is 0.199 e. The van der Waals surface area contributed by atoms with Gasteiger partial charge in [-0.3, -0.25) is 0 Å². The molecule has 0 aliphatic heterocycles. The van der Waals surface area contributed by atoms with Crippen LogP contribution in [0, 0.1) is 0 Å². The summed E-state index contributed by atoms with van der Waals surface area (Å²) in [6.07, 6.45) is 2.48. The minimum atomic E-state index is 0.676. The highest BCUT2D eigenvalue weighted by atomic mass is 16.5. The molecule has 3 nitrogen and oxygen atoms in total. The lowest BCUT2D eigenvalue weighted by Crippen LogP contribution is -1.88. The fourth-order valence-corrected chi connectivity index (χ4v) is 3.55. The zero-order chi connectivity index (χ0) is 18.9. The molecular formula is C25H19NO2. The van der Waals surface area contributed by atoms with Gasteiger partial charge < -0.3 is 9.15 Å². The standard InChI is InChI=1S/C25H19NO2/c1-27-23-11-10-20-14-22(9-8-21(20)15-23)24-16-26-25(28-24)13-17-6-7-18-4-2-3-5-19(18)12-17/h2-12,14-16H,13H2,1H3. The van der Waals surface area contributed by atoms with Gasteiger partial charge >= 0.3 is 0 Å². The van der Waals surface area contributed by atoms with E-state index >= 15 is 0 Å². The first-order valence-electron chi connectivity index (χ1n) is 9.29. The van der Waals surface area contributed by atoms with Gasteiger partial charge in [0, 0.05) is 12.0 Å². The van der Waals surface area contributed by atoms with Crippen molar-refractivity contribution < 1.29 is 9.15 Å². The van der Waals surface area contributed by atoms with Crippen LogP contribution in [0.2, 0.25) is 0 Å². The molecule has 1 heterocycles. The molecule has 136 valence electrons. The zero-order valence-electron chi connectivity index (χ0n) is 15.6. The summed E-state index contributed by atoms with van der Waals surface area (Å²) in [5.41, 5.74) is 2.22. The van der Waals surface area contributed by atoms with E-state index in [4.69, 9.17) is 9.15 Å². The lowest BCUT2D eigenvalue weighted by Gasteiger charge is -2.04. The molecule has 5 aromatic rings. The van der Waals surface area contributed by atoms with Crippen LogP contribution in [-0.4, -0.2) is 12.1 Å². The molecule has 28 heavy (non-hydrogen) atoms. The molecule has 0 unspecified atom stereocenters. The number of ether oxygens (including phenoxy) is 1. The summed E-state index contributed by atoms with van der Waals surface area (Å²) >= 11 is 0. The first kappa shape index (κ1) is 16.6. The minimum absolute atomic E-state index is 0.676. The van der Waals surface area contributed by atoms with Crippen LogP contribution in [0.4, 0.5) is 0 Å². The Hall–Kier alpha value is -3.59. The Labute approximate surface area is 163 Å². The molecule has 0 saturated heterocycles. The van der Waals surface area contributed by atoms with Crippen LogP contribution in [0.15, 0.2) is 89.5 Å². The molecule has 0 amide bonds. The van der Waals surface area contributed by atoms with Gasteiger partial charge in [-0.2, -0.15) is 0 Å². The quantitative estimate of drug-likeness (QED) is 0.378. The fraction of sp³-hybridized carbons (Fsp3) is 0.0800. The van der Waals surface area contributed by atoms with Crippen LogP contribution in [0.3, 0.4) is 0 Å². The van der Waals surface area contributed by atoms with Crippen molar-refractivity contribution in [2.75, 3.05) is 7.11 Å². The van der Waals surface area contributed by atoms with Crippen LogP contribution in [-0.2, 0) is 6.42 Å². The number of fused-ring (bicyclic) bond motifs is 2. The highest BCUT2D eigenvalue weighted by Crippen LogP contribution is 2.28. The van der Waals surface area contributed by atoms with Crippen LogP contribution >= 0.6 is 0 Å². The second-order valence-electron chi connectivity index (χ2n) is 6.90. The molecule has 0 N–H and O–H groups in total. The second-order valence-corrected chi connectivity index (χ2v) is 6.90. The molecule has 0 fully saturated rings. The molecule has 0 atom stereocenters. The molecule has 0 aliphatic carbocycles. The van der Waals surface area contributed by atoms with E-state index in [9.17, 15) is 0 Å². The van der Waals surface area contributed by atoms with E-state index in [1.807, 2.05) is 12.1 Å².